The van der Waals surface area contributed by atoms with Gasteiger partial charge >= 0.3 is 5.97 Å². The summed E-state index contributed by atoms with van der Waals surface area (Å²) >= 11 is 0. The molecule has 2 aliphatic rings. The third-order valence-electron chi connectivity index (χ3n) is 5.26. The predicted molar refractivity (Wildman–Crippen MR) is 88.8 cm³/mol. The van der Waals surface area contributed by atoms with Crippen molar-refractivity contribution in [3.05, 3.63) is 23.7 Å². The van der Waals surface area contributed by atoms with E-state index < -0.39 is 5.97 Å². The molecule has 1 saturated carbocycles. The van der Waals surface area contributed by atoms with Crippen LogP contribution in [0, 0.1) is 11.8 Å². The highest BCUT2D eigenvalue weighted by Gasteiger charge is 2.38. The van der Waals surface area contributed by atoms with Gasteiger partial charge in [-0.2, -0.15) is 0 Å². The zero-order chi connectivity index (χ0) is 18.0. The number of aromatic carboxylic acids is 1. The fourth-order valence-electron chi connectivity index (χ4n) is 3.72. The van der Waals surface area contributed by atoms with Crippen LogP contribution in [0.3, 0.4) is 0 Å². The Morgan fingerprint density at radius 2 is 2.00 bits per heavy atom. The van der Waals surface area contributed by atoms with Gasteiger partial charge in [-0.3, -0.25) is 9.59 Å². The van der Waals surface area contributed by atoms with E-state index in [1.807, 2.05) is 4.90 Å². The van der Waals surface area contributed by atoms with E-state index in [0.29, 0.717) is 12.3 Å². The normalized spacial score (nSPS) is 26.7. The maximum atomic E-state index is 12.3. The van der Waals surface area contributed by atoms with Crippen LogP contribution in [-0.2, 0) is 16.1 Å². The van der Waals surface area contributed by atoms with Gasteiger partial charge in [0, 0.05) is 19.0 Å². The summed E-state index contributed by atoms with van der Waals surface area (Å²) in [5, 5.41) is 11.6. The molecule has 1 aliphatic carbocycles. The van der Waals surface area contributed by atoms with Crippen molar-refractivity contribution in [1.29, 1.82) is 0 Å². The summed E-state index contributed by atoms with van der Waals surface area (Å²) in [7, 11) is 0. The van der Waals surface area contributed by atoms with Crippen molar-refractivity contribution in [3.63, 3.8) is 0 Å². The molecule has 136 valence electrons. The highest BCUT2D eigenvalue weighted by Crippen LogP contribution is 2.31. The highest BCUT2D eigenvalue weighted by atomic mass is 16.4. The smallest absolute Gasteiger partial charge is 0.371 e. The Morgan fingerprint density at radius 3 is 2.64 bits per heavy atom. The van der Waals surface area contributed by atoms with Gasteiger partial charge in [0.15, 0.2) is 0 Å². The van der Waals surface area contributed by atoms with Crippen LogP contribution >= 0.6 is 0 Å². The molecule has 1 aromatic rings. The molecule has 0 spiro atoms. The van der Waals surface area contributed by atoms with Crippen molar-refractivity contribution < 1.29 is 23.9 Å². The second-order valence-corrected chi connectivity index (χ2v) is 7.15. The van der Waals surface area contributed by atoms with E-state index in [4.69, 9.17) is 9.52 Å². The number of carboxylic acids is 1. The van der Waals surface area contributed by atoms with Gasteiger partial charge in [0.05, 0.1) is 12.5 Å². The number of rotatable bonds is 5. The maximum absolute atomic E-state index is 12.3. The lowest BCUT2D eigenvalue weighted by Gasteiger charge is -2.33. The van der Waals surface area contributed by atoms with E-state index in [1.54, 1.807) is 0 Å². The Kier molecular flexibility index (Phi) is 5.11. The van der Waals surface area contributed by atoms with Crippen molar-refractivity contribution in [2.45, 2.75) is 51.6 Å². The quantitative estimate of drug-likeness (QED) is 0.848. The number of carbonyl (C=O) groups excluding carboxylic acids is 2. The van der Waals surface area contributed by atoms with Gasteiger partial charge in [0.2, 0.25) is 17.6 Å². The van der Waals surface area contributed by atoms with Gasteiger partial charge in [0.1, 0.15) is 5.76 Å². The van der Waals surface area contributed by atoms with E-state index in [2.05, 4.69) is 12.2 Å². The Bertz CT molecular complexity index is 660. The van der Waals surface area contributed by atoms with Gasteiger partial charge in [0.25, 0.3) is 0 Å². The van der Waals surface area contributed by atoms with Crippen molar-refractivity contribution >= 4 is 17.8 Å². The number of carboxylic acid groups (broad SMARTS) is 1. The van der Waals surface area contributed by atoms with Gasteiger partial charge in [-0.25, -0.2) is 4.79 Å². The van der Waals surface area contributed by atoms with Crippen LogP contribution in [0.5, 0.6) is 0 Å². The molecule has 1 saturated heterocycles. The third-order valence-corrected chi connectivity index (χ3v) is 5.26. The van der Waals surface area contributed by atoms with Crippen LogP contribution in [0.4, 0.5) is 0 Å². The zero-order valence-corrected chi connectivity index (χ0v) is 14.4. The number of carbonyl (C=O) groups is 3. The molecule has 1 aromatic heterocycles. The lowest BCUT2D eigenvalue weighted by molar-refractivity contribution is -0.131. The van der Waals surface area contributed by atoms with Crippen LogP contribution in [0.1, 0.15) is 55.3 Å². The summed E-state index contributed by atoms with van der Waals surface area (Å²) < 4.78 is 5.11. The minimum atomic E-state index is -1.14. The van der Waals surface area contributed by atoms with E-state index in [1.165, 1.54) is 12.1 Å². The largest absolute Gasteiger partial charge is 0.475 e. The Balaban J connectivity index is 1.51. The average Bonchev–Trinajstić information content (AvgIpc) is 3.20. The number of nitrogens with one attached hydrogen (secondary N) is 1. The standard InChI is InChI=1S/C18H24N2O5/c1-11-2-4-13(5-3-11)20-10-12(8-16(20)21)17(22)19-9-14-6-7-15(25-14)18(23)24/h6-7,11-13H,2-5,8-10H2,1H3,(H,19,22)(H,23,24). The lowest BCUT2D eigenvalue weighted by atomic mass is 9.87. The second-order valence-electron chi connectivity index (χ2n) is 7.15. The number of nitrogens with zero attached hydrogens (tertiary/aromatic N) is 1. The SMILES string of the molecule is CC1CCC(N2CC(C(=O)NCc3ccc(C(=O)O)o3)CC2=O)CC1. The topological polar surface area (TPSA) is 99.8 Å². The first kappa shape index (κ1) is 17.5. The van der Waals surface area contributed by atoms with Crippen LogP contribution in [0.25, 0.3) is 0 Å². The second kappa shape index (κ2) is 7.29. The van der Waals surface area contributed by atoms with Gasteiger partial charge < -0.3 is 19.7 Å². The fraction of sp³-hybridized carbons (Fsp3) is 0.611. The molecule has 7 nitrogen and oxygen atoms in total. The minimum absolute atomic E-state index is 0.0610. The molecule has 2 amide bonds. The average molecular weight is 348 g/mol. The molecule has 2 N–H and O–H groups in total. The van der Waals surface area contributed by atoms with E-state index in [-0.39, 0.29) is 42.5 Å². The van der Waals surface area contributed by atoms with Gasteiger partial charge in [-0.05, 0) is 43.7 Å². The molecule has 25 heavy (non-hydrogen) atoms. The van der Waals surface area contributed by atoms with Crippen LogP contribution in [0.15, 0.2) is 16.5 Å². The molecule has 2 fully saturated rings. The third kappa shape index (κ3) is 4.03. The maximum Gasteiger partial charge on any atom is 0.371 e. The summed E-state index contributed by atoms with van der Waals surface area (Å²) in [5.74, 6) is -0.667. The van der Waals surface area contributed by atoms with Crippen LogP contribution in [-0.4, -0.2) is 40.4 Å². The number of hydrogen-bond acceptors (Lipinski definition) is 4. The molecule has 1 unspecified atom stereocenters. The molecule has 0 bridgehead atoms. The number of likely N-dealkylation sites (tertiary alicyclic amines) is 1. The highest BCUT2D eigenvalue weighted by molar-refractivity contribution is 5.89. The summed E-state index contributed by atoms with van der Waals surface area (Å²) in [5.41, 5.74) is 0. The first-order valence-corrected chi connectivity index (χ1v) is 8.83. The van der Waals surface area contributed by atoms with E-state index >= 15 is 0 Å². The summed E-state index contributed by atoms with van der Waals surface area (Å²) in [6.07, 6.45) is 4.55. The number of amides is 2. The number of hydrogen-bond donors (Lipinski definition) is 2. The monoisotopic (exact) mass is 348 g/mol. The summed E-state index contributed by atoms with van der Waals surface area (Å²) in [6, 6.07) is 3.15. The molecule has 7 heteroatoms. The minimum Gasteiger partial charge on any atom is -0.475 e. The Hall–Kier alpha value is -2.31. The molecule has 0 radical (unpaired) electrons. The Morgan fingerprint density at radius 1 is 1.28 bits per heavy atom. The zero-order valence-electron chi connectivity index (χ0n) is 14.4. The van der Waals surface area contributed by atoms with Crippen molar-refractivity contribution in [1.82, 2.24) is 10.2 Å². The van der Waals surface area contributed by atoms with E-state index in [9.17, 15) is 14.4 Å². The lowest BCUT2D eigenvalue weighted by Crippen LogP contribution is -2.40. The van der Waals surface area contributed by atoms with Crippen LogP contribution < -0.4 is 5.32 Å². The summed E-state index contributed by atoms with van der Waals surface area (Å²) in [6.45, 7) is 2.84. The van der Waals surface area contributed by atoms with E-state index in [0.717, 1.165) is 31.6 Å². The first-order valence-electron chi connectivity index (χ1n) is 8.83. The first-order chi connectivity index (χ1) is 11.9. The molecule has 1 aliphatic heterocycles. The Labute approximate surface area is 146 Å². The van der Waals surface area contributed by atoms with Crippen molar-refractivity contribution in [2.75, 3.05) is 6.54 Å². The molecule has 1 atom stereocenters. The van der Waals surface area contributed by atoms with Crippen LogP contribution in [0.2, 0.25) is 0 Å². The molecule has 0 aromatic carbocycles. The fourth-order valence-corrected chi connectivity index (χ4v) is 3.72. The van der Waals surface area contributed by atoms with Crippen molar-refractivity contribution in [3.8, 4) is 0 Å². The van der Waals surface area contributed by atoms with Crippen molar-refractivity contribution in [2.24, 2.45) is 11.8 Å². The molecule has 2 heterocycles. The molecular formula is C18H24N2O5. The molecule has 3 rings (SSSR count). The molecular weight excluding hydrogens is 324 g/mol. The summed E-state index contributed by atoms with van der Waals surface area (Å²) in [4.78, 5) is 37.3. The van der Waals surface area contributed by atoms with Gasteiger partial charge in [-0.1, -0.05) is 6.92 Å². The predicted octanol–water partition coefficient (Wildman–Crippen LogP) is 2.02. The van der Waals surface area contributed by atoms with Gasteiger partial charge in [-0.15, -0.1) is 0 Å². The number of furan rings is 1.